The highest BCUT2D eigenvalue weighted by Gasteiger charge is 2.35. The molecule has 4 aromatic rings. The van der Waals surface area contributed by atoms with Gasteiger partial charge in [0.15, 0.2) is 0 Å². The summed E-state index contributed by atoms with van der Waals surface area (Å²) in [7, 11) is 5.61. The Balaban J connectivity index is 1.29. The summed E-state index contributed by atoms with van der Waals surface area (Å²) >= 11 is 0. The van der Waals surface area contributed by atoms with Crippen molar-refractivity contribution >= 4 is 11.8 Å². The lowest BCUT2D eigenvalue weighted by atomic mass is 9.84. The fraction of sp³-hybridized carbons (Fsp3) is 0.417. The van der Waals surface area contributed by atoms with Crippen molar-refractivity contribution in [1.82, 2.24) is 34.3 Å². The molecule has 11 nitrogen and oxygen atoms in total. The van der Waals surface area contributed by atoms with Crippen LogP contribution in [0, 0.1) is 17.2 Å². The zero-order chi connectivity index (χ0) is 35.7. The minimum atomic E-state index is -4.65. The minimum Gasteiger partial charge on any atom is -0.349 e. The first-order valence-corrected chi connectivity index (χ1v) is 16.7. The van der Waals surface area contributed by atoms with Gasteiger partial charge in [0.2, 0.25) is 5.91 Å². The molecule has 0 bridgehead atoms. The molecule has 6 rings (SSSR count). The molecule has 1 saturated heterocycles. The molecule has 262 valence electrons. The summed E-state index contributed by atoms with van der Waals surface area (Å²) < 4.78 is 45.0. The van der Waals surface area contributed by atoms with Gasteiger partial charge in [-0.3, -0.25) is 19.1 Å². The minimum absolute atomic E-state index is 0.0642. The summed E-state index contributed by atoms with van der Waals surface area (Å²) in [5.74, 6) is -0.650. The van der Waals surface area contributed by atoms with Crippen molar-refractivity contribution in [3.05, 3.63) is 87.8 Å². The van der Waals surface area contributed by atoms with Gasteiger partial charge in [-0.15, -0.1) is 0 Å². The number of nitrogens with zero attached hydrogens (tertiary/aromatic N) is 7. The lowest BCUT2D eigenvalue weighted by molar-refractivity contribution is -0.138. The van der Waals surface area contributed by atoms with Crippen LogP contribution in [0.3, 0.4) is 0 Å². The standard InChI is InChI=1S/C36H39F3N8O3/c1-43(2)27-16-19-45(20-17-27)34(49)24-9-11-26(12-10-24)42-33(48)31-32(30-15-18-41-46(30)28-13-7-23(22-40)8-14-28)44(3)47(35(31)50)29-6-4-5-25(21-29)36(37,38)39/h4-8,13-15,18,21,24,26-27H,9-12,16-17,19-20H2,1-3H3,(H,42,48). The average Bonchev–Trinajstić information content (AvgIpc) is 3.69. The number of aromatic nitrogens is 4. The first kappa shape index (κ1) is 34.7. The predicted molar refractivity (Wildman–Crippen MR) is 180 cm³/mol. The molecule has 2 fully saturated rings. The molecule has 1 N–H and O–H groups in total. The van der Waals surface area contributed by atoms with Gasteiger partial charge in [0.1, 0.15) is 11.3 Å². The van der Waals surface area contributed by atoms with Crippen LogP contribution in [0.4, 0.5) is 13.2 Å². The van der Waals surface area contributed by atoms with Crippen molar-refractivity contribution < 1.29 is 22.8 Å². The Kier molecular flexibility index (Phi) is 9.71. The number of carbonyl (C=O) groups excluding carboxylic acids is 2. The topological polar surface area (TPSA) is 121 Å². The Morgan fingerprint density at radius 3 is 2.26 bits per heavy atom. The molecule has 2 aliphatic rings. The van der Waals surface area contributed by atoms with Gasteiger partial charge in [0.25, 0.3) is 11.5 Å². The van der Waals surface area contributed by atoms with Crippen molar-refractivity contribution in [2.24, 2.45) is 13.0 Å². The highest BCUT2D eigenvalue weighted by molar-refractivity contribution is 6.00. The van der Waals surface area contributed by atoms with E-state index in [9.17, 15) is 32.8 Å². The highest BCUT2D eigenvalue weighted by atomic mass is 19.4. The molecule has 1 saturated carbocycles. The Morgan fingerprint density at radius 2 is 1.64 bits per heavy atom. The van der Waals surface area contributed by atoms with Crippen LogP contribution in [0.2, 0.25) is 0 Å². The molecule has 1 aliphatic heterocycles. The third kappa shape index (κ3) is 6.82. The molecule has 14 heteroatoms. The molecule has 2 aromatic heterocycles. The van der Waals surface area contributed by atoms with Crippen LogP contribution in [0.25, 0.3) is 22.8 Å². The number of rotatable bonds is 7. The smallest absolute Gasteiger partial charge is 0.349 e. The van der Waals surface area contributed by atoms with Gasteiger partial charge < -0.3 is 15.1 Å². The van der Waals surface area contributed by atoms with Gasteiger partial charge in [-0.1, -0.05) is 6.07 Å². The number of likely N-dealkylation sites (tertiary alicyclic amines) is 1. The fourth-order valence-electron chi connectivity index (χ4n) is 7.18. The van der Waals surface area contributed by atoms with Crippen molar-refractivity contribution in [3.8, 4) is 28.8 Å². The molecule has 3 heterocycles. The number of alkyl halides is 3. The average molecular weight is 689 g/mol. The van der Waals surface area contributed by atoms with Gasteiger partial charge >= 0.3 is 6.18 Å². The SMILES string of the molecule is CN(C)C1CCN(C(=O)C2CCC(NC(=O)c3c(-c4ccnn4-c4ccc(C#N)cc4)n(C)n(-c4cccc(C(F)(F)F)c4)c3=O)CC2)CC1. The maximum atomic E-state index is 14.1. The van der Waals surface area contributed by atoms with Crippen molar-refractivity contribution in [1.29, 1.82) is 5.26 Å². The number of hydrogen-bond acceptors (Lipinski definition) is 6. The third-order valence-electron chi connectivity index (χ3n) is 9.96. The first-order valence-electron chi connectivity index (χ1n) is 16.7. The van der Waals surface area contributed by atoms with E-state index < -0.39 is 23.2 Å². The summed E-state index contributed by atoms with van der Waals surface area (Å²) in [6, 6.07) is 14.7. The van der Waals surface area contributed by atoms with E-state index in [2.05, 4.69) is 35.5 Å². The maximum Gasteiger partial charge on any atom is 0.416 e. The van der Waals surface area contributed by atoms with Gasteiger partial charge in [-0.05, 0) is 101 Å². The van der Waals surface area contributed by atoms with Crippen LogP contribution in [-0.2, 0) is 18.0 Å². The first-order chi connectivity index (χ1) is 23.9. The lowest BCUT2D eigenvalue weighted by Crippen LogP contribution is -2.48. The normalized spacial score (nSPS) is 18.6. The third-order valence-corrected chi connectivity index (χ3v) is 9.96. The zero-order valence-corrected chi connectivity index (χ0v) is 28.2. The maximum absolute atomic E-state index is 14.1. The van der Waals surface area contributed by atoms with Gasteiger partial charge in [0.05, 0.1) is 40.5 Å². The number of nitriles is 1. The van der Waals surface area contributed by atoms with Crippen molar-refractivity contribution in [2.75, 3.05) is 27.2 Å². The lowest BCUT2D eigenvalue weighted by Gasteiger charge is -2.38. The molecule has 0 radical (unpaired) electrons. The number of hydrogen-bond donors (Lipinski definition) is 1. The second-order valence-corrected chi connectivity index (χ2v) is 13.2. The number of benzene rings is 2. The second kappa shape index (κ2) is 14.0. The van der Waals surface area contributed by atoms with Gasteiger partial charge in [0, 0.05) is 38.1 Å². The molecular formula is C36H39F3N8O3. The Hall–Kier alpha value is -5.16. The molecule has 2 aromatic carbocycles. The number of nitrogens with one attached hydrogen (secondary N) is 1. The summed E-state index contributed by atoms with van der Waals surface area (Å²) in [5, 5.41) is 16.6. The van der Waals surface area contributed by atoms with E-state index in [0.717, 1.165) is 42.7 Å². The monoisotopic (exact) mass is 688 g/mol. The van der Waals surface area contributed by atoms with Crippen LogP contribution in [0.1, 0.15) is 60.0 Å². The van der Waals surface area contributed by atoms with E-state index >= 15 is 0 Å². The molecule has 50 heavy (non-hydrogen) atoms. The van der Waals surface area contributed by atoms with Crippen LogP contribution in [0.15, 0.2) is 65.6 Å². The number of amides is 2. The Labute approximate surface area is 287 Å². The van der Waals surface area contributed by atoms with Gasteiger partial charge in [-0.25, -0.2) is 9.36 Å². The largest absolute Gasteiger partial charge is 0.416 e. The van der Waals surface area contributed by atoms with E-state index in [1.807, 2.05) is 4.90 Å². The summed E-state index contributed by atoms with van der Waals surface area (Å²) in [6.45, 7) is 1.46. The summed E-state index contributed by atoms with van der Waals surface area (Å²) in [5.41, 5.74) is -0.578. The number of piperidine rings is 1. The van der Waals surface area contributed by atoms with E-state index in [-0.39, 0.29) is 34.8 Å². The number of carbonyl (C=O) groups is 2. The summed E-state index contributed by atoms with van der Waals surface area (Å²) in [4.78, 5) is 45.7. The number of halogens is 3. The van der Waals surface area contributed by atoms with E-state index in [0.29, 0.717) is 48.7 Å². The van der Waals surface area contributed by atoms with Gasteiger partial charge in [-0.2, -0.15) is 23.5 Å². The summed E-state index contributed by atoms with van der Waals surface area (Å²) in [6.07, 6.45) is 0.996. The predicted octanol–water partition coefficient (Wildman–Crippen LogP) is 4.76. The van der Waals surface area contributed by atoms with Crippen LogP contribution < -0.4 is 10.9 Å². The van der Waals surface area contributed by atoms with E-state index in [4.69, 9.17) is 0 Å². The zero-order valence-electron chi connectivity index (χ0n) is 28.2. The fourth-order valence-corrected chi connectivity index (χ4v) is 7.18. The second-order valence-electron chi connectivity index (χ2n) is 13.2. The molecule has 0 spiro atoms. The molecule has 2 amide bonds. The van der Waals surface area contributed by atoms with E-state index in [1.165, 1.54) is 34.7 Å². The molecular weight excluding hydrogens is 649 g/mol. The molecule has 1 aliphatic carbocycles. The molecule has 0 unspecified atom stereocenters. The van der Waals surface area contributed by atoms with Crippen molar-refractivity contribution in [2.45, 2.75) is 56.8 Å². The van der Waals surface area contributed by atoms with Crippen LogP contribution in [0.5, 0.6) is 0 Å². The van der Waals surface area contributed by atoms with E-state index in [1.54, 1.807) is 30.3 Å². The van der Waals surface area contributed by atoms with Crippen molar-refractivity contribution in [3.63, 3.8) is 0 Å². The van der Waals surface area contributed by atoms with Crippen LogP contribution in [-0.4, -0.2) is 80.0 Å². The quantitative estimate of drug-likeness (QED) is 0.299. The Morgan fingerprint density at radius 1 is 0.960 bits per heavy atom. The Bertz CT molecular complexity index is 1970. The van der Waals surface area contributed by atoms with Crippen LogP contribution >= 0.6 is 0 Å². The molecule has 0 atom stereocenters. The highest BCUT2D eigenvalue weighted by Crippen LogP contribution is 2.32.